The van der Waals surface area contributed by atoms with Crippen LogP contribution in [0.2, 0.25) is 0 Å². The number of ether oxygens (including phenoxy) is 9. The van der Waals surface area contributed by atoms with Gasteiger partial charge in [0, 0.05) is 12.3 Å². The van der Waals surface area contributed by atoms with Crippen molar-refractivity contribution in [3.63, 3.8) is 0 Å². The zero-order chi connectivity index (χ0) is 59.4. The lowest BCUT2D eigenvalue weighted by Gasteiger charge is -2.71. The Labute approximate surface area is 471 Å². The molecule has 0 spiro atoms. The molecule has 0 aromatic carbocycles. The number of hydrogen-bond donors (Lipinski definition) is 14. The monoisotopic (exact) mass is 1160 g/mol. The molecular weight excluding hydrogens is 1070 g/mol. The number of fused-ring (bicyclic) bond motifs is 7. The van der Waals surface area contributed by atoms with E-state index in [4.69, 9.17) is 42.6 Å². The van der Waals surface area contributed by atoms with Crippen LogP contribution in [0.3, 0.4) is 0 Å². The molecule has 0 unspecified atom stereocenters. The average molecular weight is 1160 g/mol. The van der Waals surface area contributed by atoms with Crippen LogP contribution in [0.1, 0.15) is 113 Å². The second kappa shape index (κ2) is 23.2. The smallest absolute Gasteiger partial charge is 0.315 e. The van der Waals surface area contributed by atoms with Gasteiger partial charge in [-0.3, -0.25) is 9.59 Å². The molecule has 14 N–H and O–H groups in total. The Hall–Kier alpha value is -2.16. The lowest BCUT2D eigenvalue weighted by molar-refractivity contribution is -0.366. The minimum atomic E-state index is -1.97. The van der Waals surface area contributed by atoms with Gasteiger partial charge in [-0.2, -0.15) is 0 Å². The predicted molar refractivity (Wildman–Crippen MR) is 274 cm³/mol. The summed E-state index contributed by atoms with van der Waals surface area (Å²) in [5, 5.41) is 152. The van der Waals surface area contributed by atoms with Crippen molar-refractivity contribution in [3.8, 4) is 0 Å². The summed E-state index contributed by atoms with van der Waals surface area (Å²) in [5.74, 6) is -1.99. The fourth-order valence-corrected chi connectivity index (χ4v) is 16.7. The third-order valence-electron chi connectivity index (χ3n) is 21.7. The van der Waals surface area contributed by atoms with Gasteiger partial charge in [0.2, 0.25) is 6.29 Å². The highest BCUT2D eigenvalue weighted by molar-refractivity contribution is 5.79. The van der Waals surface area contributed by atoms with E-state index < -0.39 is 200 Å². The predicted octanol–water partition coefficient (Wildman–Crippen LogP) is -2.49. The van der Waals surface area contributed by atoms with E-state index in [0.29, 0.717) is 51.4 Å². The van der Waals surface area contributed by atoms with E-state index in [1.54, 1.807) is 0 Å². The topological polar surface area (TPSA) is 400 Å². The minimum Gasteiger partial charge on any atom is -0.465 e. The van der Waals surface area contributed by atoms with Gasteiger partial charge in [-0.1, -0.05) is 53.2 Å². The summed E-state index contributed by atoms with van der Waals surface area (Å²) in [6, 6.07) is 0. The molecule has 9 rings (SSSR count). The maximum absolute atomic E-state index is 15.6. The highest BCUT2D eigenvalue weighted by atomic mass is 16.8. The number of aliphatic hydroxyl groups is 14. The molecule has 5 aliphatic carbocycles. The summed E-state index contributed by atoms with van der Waals surface area (Å²) in [4.78, 5) is 28.2. The molecule has 81 heavy (non-hydrogen) atoms. The third kappa shape index (κ3) is 10.7. The first-order valence-electron chi connectivity index (χ1n) is 28.8. The molecule has 30 atom stereocenters. The fraction of sp³-hybridized carbons (Fsp3) is 0.929. The molecule has 4 saturated heterocycles. The number of carbonyl (C=O) groups is 2. The molecule has 464 valence electrons. The fourth-order valence-electron chi connectivity index (χ4n) is 16.7. The second-order valence-electron chi connectivity index (χ2n) is 26.9. The molecule has 0 radical (unpaired) electrons. The Morgan fingerprint density at radius 2 is 1.16 bits per heavy atom. The van der Waals surface area contributed by atoms with E-state index in [0.717, 1.165) is 5.57 Å². The molecule has 0 amide bonds. The quantitative estimate of drug-likeness (QED) is 0.0515. The normalized spacial score (nSPS) is 53.4. The third-order valence-corrected chi connectivity index (χ3v) is 21.7. The highest BCUT2D eigenvalue weighted by Gasteiger charge is 2.72. The van der Waals surface area contributed by atoms with Crippen LogP contribution in [0.4, 0.5) is 0 Å². The molecule has 0 aromatic heterocycles. The molecule has 4 saturated carbocycles. The largest absolute Gasteiger partial charge is 0.465 e. The Kier molecular flexibility index (Phi) is 18.1. The molecule has 25 nitrogen and oxygen atoms in total. The van der Waals surface area contributed by atoms with Gasteiger partial charge >= 0.3 is 11.9 Å². The molecule has 4 heterocycles. The van der Waals surface area contributed by atoms with Crippen LogP contribution in [0, 0.1) is 50.2 Å². The van der Waals surface area contributed by atoms with Crippen LogP contribution < -0.4 is 0 Å². The second-order valence-corrected chi connectivity index (χ2v) is 26.9. The van der Waals surface area contributed by atoms with Crippen molar-refractivity contribution in [2.45, 2.75) is 248 Å². The van der Waals surface area contributed by atoms with Gasteiger partial charge in [-0.05, 0) is 104 Å². The van der Waals surface area contributed by atoms with Crippen LogP contribution in [-0.4, -0.2) is 245 Å². The van der Waals surface area contributed by atoms with Gasteiger partial charge in [-0.15, -0.1) is 0 Å². The van der Waals surface area contributed by atoms with Crippen molar-refractivity contribution in [1.82, 2.24) is 0 Å². The van der Waals surface area contributed by atoms with Crippen molar-refractivity contribution in [2.24, 2.45) is 50.2 Å². The molecular formula is C56H90O25. The van der Waals surface area contributed by atoms with Crippen molar-refractivity contribution in [1.29, 1.82) is 0 Å². The van der Waals surface area contributed by atoms with Crippen LogP contribution >= 0.6 is 0 Å². The highest BCUT2D eigenvalue weighted by Crippen LogP contribution is 2.76. The Morgan fingerprint density at radius 3 is 1.78 bits per heavy atom. The standard InChI is InChI=1S/C56H90O25/c1-23-33(61)37(65)42(70)47(75-23)79-44-40(68)36(64)30(21-73-46-41(69)38(66)34(62)28(19-57)76-46)78-49(44)81-50(72)56-15-13-51(3,4)17-26(56)25-9-10-32-52(5)18-27(60)45(80-48-43(71)39(67)35(63)29(20-58)77-48)53(6,22-74-24(2)59)31(52)11-12-55(32,8)54(25,7)14-16-56/h9,23,26-49,57-58,60-71H,10-22H2,1-8H3/t23-,26-,27-,28+,29+,30+,31+,32+,33-,34+,35+,36+,37+,38-,39-,40-,41+,42+,43+,44+,45-,46+,47-,48-,49-,52-,53-,54+,55+,56-/m0/s1. The summed E-state index contributed by atoms with van der Waals surface area (Å²) in [6.07, 6.45) is -29.0. The van der Waals surface area contributed by atoms with Gasteiger partial charge in [0.05, 0.1) is 50.2 Å². The first kappa shape index (κ1) is 63.3. The molecule has 25 heteroatoms. The number of hydrogen-bond acceptors (Lipinski definition) is 25. The van der Waals surface area contributed by atoms with Crippen molar-refractivity contribution in [2.75, 3.05) is 26.4 Å². The van der Waals surface area contributed by atoms with Crippen molar-refractivity contribution >= 4 is 11.9 Å². The maximum atomic E-state index is 15.6. The zero-order valence-corrected chi connectivity index (χ0v) is 47.5. The number of allylic oxidation sites excluding steroid dienone is 2. The van der Waals surface area contributed by atoms with E-state index in [1.807, 2.05) is 6.92 Å². The van der Waals surface area contributed by atoms with Gasteiger partial charge in [-0.25, -0.2) is 0 Å². The van der Waals surface area contributed by atoms with E-state index in [1.165, 1.54) is 13.8 Å². The Balaban J connectivity index is 1.02. The first-order chi connectivity index (χ1) is 37.8. The van der Waals surface area contributed by atoms with Crippen molar-refractivity contribution < 1.29 is 124 Å². The lowest BCUT2D eigenvalue weighted by Crippen LogP contribution is -2.69. The van der Waals surface area contributed by atoms with Crippen LogP contribution in [-0.2, 0) is 52.2 Å². The average Bonchev–Trinajstić information content (AvgIpc) is 3.51. The number of esters is 2. The van der Waals surface area contributed by atoms with E-state index in [-0.39, 0.29) is 30.3 Å². The van der Waals surface area contributed by atoms with Crippen LogP contribution in [0.15, 0.2) is 11.6 Å². The maximum Gasteiger partial charge on any atom is 0.315 e. The van der Waals surface area contributed by atoms with Crippen molar-refractivity contribution in [3.05, 3.63) is 11.6 Å². The Morgan fingerprint density at radius 1 is 0.605 bits per heavy atom. The summed E-state index contributed by atoms with van der Waals surface area (Å²) in [7, 11) is 0. The molecule has 0 bridgehead atoms. The first-order valence-corrected chi connectivity index (χ1v) is 28.8. The van der Waals surface area contributed by atoms with Gasteiger partial charge in [0.1, 0.15) is 85.5 Å². The summed E-state index contributed by atoms with van der Waals surface area (Å²) < 4.78 is 53.7. The van der Waals surface area contributed by atoms with Crippen LogP contribution in [0.25, 0.3) is 0 Å². The zero-order valence-electron chi connectivity index (χ0n) is 47.5. The molecule has 4 aliphatic heterocycles. The number of carbonyl (C=O) groups excluding carboxylic acids is 2. The number of rotatable bonds is 13. The summed E-state index contributed by atoms with van der Waals surface area (Å²) in [6.45, 7) is 13.3. The number of aliphatic hydroxyl groups excluding tert-OH is 14. The van der Waals surface area contributed by atoms with Gasteiger partial charge in [0.15, 0.2) is 25.0 Å². The van der Waals surface area contributed by atoms with E-state index in [9.17, 15) is 76.3 Å². The summed E-state index contributed by atoms with van der Waals surface area (Å²) >= 11 is 0. The van der Waals surface area contributed by atoms with Crippen LogP contribution in [0.5, 0.6) is 0 Å². The molecule has 9 aliphatic rings. The van der Waals surface area contributed by atoms with E-state index in [2.05, 4.69) is 40.7 Å². The van der Waals surface area contributed by atoms with E-state index >= 15 is 4.79 Å². The lowest BCUT2D eigenvalue weighted by atomic mass is 9.33. The van der Waals surface area contributed by atoms with Gasteiger partial charge < -0.3 is 114 Å². The summed E-state index contributed by atoms with van der Waals surface area (Å²) in [5.41, 5.74) is -3.08. The SMILES string of the molecule is CC(=O)OC[C@@]1(C)[C@@H]2CC[C@]3(C)[C@H](CC=C4[C@@H]5CC(C)(C)CC[C@]5(C(=O)O[C@@H]5O[C@H](CO[C@@H]6O[C@H](CO)[C@@H](O)[C@H](O)[C@H]6O)[C@@H](O)[C@H](O)[C@H]5O[C@@H]5O[C@@H](C)[C@H](O)[C@@H](O)[C@H]5O)CC[C@]43C)[C@@]2(C)C[C@H](O)[C@@H]1O[C@@H]1O[C@H](CO)[C@@H](O)[C@H](O)[C@H]1O. The molecule has 0 aromatic rings. The van der Waals surface area contributed by atoms with Gasteiger partial charge in [0.25, 0.3) is 0 Å². The minimum absolute atomic E-state index is 0.0867. The molecule has 8 fully saturated rings. The Bertz CT molecular complexity index is 2270.